The molecule has 1 fully saturated rings. The van der Waals surface area contributed by atoms with Crippen LogP contribution in [-0.4, -0.2) is 54.4 Å². The molecule has 0 atom stereocenters. The molecule has 0 aliphatic carbocycles. The molecule has 1 aliphatic heterocycles. The van der Waals surface area contributed by atoms with E-state index in [2.05, 4.69) is 0 Å². The van der Waals surface area contributed by atoms with E-state index in [1.807, 2.05) is 0 Å². The highest BCUT2D eigenvalue weighted by molar-refractivity contribution is 6.32. The smallest absolute Gasteiger partial charge is 0.260 e. The number of benzene rings is 2. The molecule has 0 N–H and O–H groups in total. The van der Waals surface area contributed by atoms with E-state index in [0.717, 1.165) is 12.1 Å². The first-order valence-corrected chi connectivity index (χ1v) is 8.73. The molecule has 142 valence electrons. The van der Waals surface area contributed by atoms with Crippen LogP contribution in [0.5, 0.6) is 5.75 Å². The Balaban J connectivity index is 1.52. The third-order valence-corrected chi connectivity index (χ3v) is 4.59. The van der Waals surface area contributed by atoms with Crippen LogP contribution in [0.3, 0.4) is 0 Å². The Bertz CT molecular complexity index is 855. The minimum atomic E-state index is -1.06. The number of rotatable bonds is 4. The Hall–Kier alpha value is -2.67. The summed E-state index contributed by atoms with van der Waals surface area (Å²) in [5, 5.41) is 0.423. The van der Waals surface area contributed by atoms with Crippen molar-refractivity contribution in [2.24, 2.45) is 0 Å². The maximum absolute atomic E-state index is 13.3. The molecule has 0 saturated carbocycles. The SMILES string of the molecule is O=C(COc1ccccc1Cl)N1CCN(C(=O)c2ccc(F)c(F)c2)CC1. The van der Waals surface area contributed by atoms with Crippen LogP contribution >= 0.6 is 11.6 Å². The second-order valence-corrected chi connectivity index (χ2v) is 6.43. The molecule has 8 heteroatoms. The van der Waals surface area contributed by atoms with E-state index in [-0.39, 0.29) is 18.1 Å². The summed E-state index contributed by atoms with van der Waals surface area (Å²) in [7, 11) is 0. The molecule has 2 amide bonds. The standard InChI is InChI=1S/C19H17ClF2N2O3/c20-14-3-1-2-4-17(14)27-12-18(25)23-7-9-24(10-8-23)19(26)13-5-6-15(21)16(22)11-13/h1-6,11H,7-10,12H2. The van der Waals surface area contributed by atoms with Crippen LogP contribution in [0.1, 0.15) is 10.4 Å². The fourth-order valence-electron chi connectivity index (χ4n) is 2.76. The van der Waals surface area contributed by atoms with Crippen LogP contribution in [-0.2, 0) is 4.79 Å². The summed E-state index contributed by atoms with van der Waals surface area (Å²) < 4.78 is 31.7. The molecule has 0 radical (unpaired) electrons. The van der Waals surface area contributed by atoms with E-state index in [1.165, 1.54) is 11.0 Å². The van der Waals surface area contributed by atoms with Gasteiger partial charge >= 0.3 is 0 Å². The number of carbonyl (C=O) groups excluding carboxylic acids is 2. The van der Waals surface area contributed by atoms with Gasteiger partial charge in [-0.1, -0.05) is 23.7 Å². The largest absolute Gasteiger partial charge is 0.482 e. The molecule has 0 spiro atoms. The van der Waals surface area contributed by atoms with Gasteiger partial charge in [0.1, 0.15) is 5.75 Å². The third-order valence-electron chi connectivity index (χ3n) is 4.27. The van der Waals surface area contributed by atoms with Crippen LogP contribution in [0, 0.1) is 11.6 Å². The Labute approximate surface area is 160 Å². The average Bonchev–Trinajstić information content (AvgIpc) is 2.69. The van der Waals surface area contributed by atoms with Crippen molar-refractivity contribution in [2.75, 3.05) is 32.8 Å². The lowest BCUT2D eigenvalue weighted by Crippen LogP contribution is -2.51. The average molecular weight is 395 g/mol. The number of hydrogen-bond donors (Lipinski definition) is 0. The molecule has 0 bridgehead atoms. The van der Waals surface area contributed by atoms with Crippen LogP contribution < -0.4 is 4.74 Å². The predicted octanol–water partition coefficient (Wildman–Crippen LogP) is 2.98. The number of piperazine rings is 1. The van der Waals surface area contributed by atoms with E-state index in [1.54, 1.807) is 29.2 Å². The Morgan fingerprint density at radius 2 is 1.63 bits per heavy atom. The summed E-state index contributed by atoms with van der Waals surface area (Å²) in [6.45, 7) is 1.12. The van der Waals surface area contributed by atoms with Crippen LogP contribution in [0.4, 0.5) is 8.78 Å². The molecular weight excluding hydrogens is 378 g/mol. The monoisotopic (exact) mass is 394 g/mol. The van der Waals surface area contributed by atoms with Crippen molar-refractivity contribution in [3.63, 3.8) is 0 Å². The second kappa shape index (κ2) is 8.35. The number of nitrogens with zero attached hydrogens (tertiary/aromatic N) is 2. The Morgan fingerprint density at radius 1 is 0.963 bits per heavy atom. The molecule has 27 heavy (non-hydrogen) atoms. The van der Waals surface area contributed by atoms with E-state index in [0.29, 0.717) is 37.0 Å². The summed E-state index contributed by atoms with van der Waals surface area (Å²) in [5.74, 6) is -2.24. The fraction of sp³-hybridized carbons (Fsp3) is 0.263. The zero-order valence-corrected chi connectivity index (χ0v) is 15.1. The van der Waals surface area contributed by atoms with Gasteiger partial charge < -0.3 is 14.5 Å². The topological polar surface area (TPSA) is 49.9 Å². The van der Waals surface area contributed by atoms with Crippen molar-refractivity contribution >= 4 is 23.4 Å². The first kappa shape index (κ1) is 19.1. The fourth-order valence-corrected chi connectivity index (χ4v) is 2.95. The number of para-hydroxylation sites is 1. The van der Waals surface area contributed by atoms with Gasteiger partial charge in [0.05, 0.1) is 5.02 Å². The molecule has 1 aliphatic rings. The van der Waals surface area contributed by atoms with Gasteiger partial charge in [-0.25, -0.2) is 8.78 Å². The van der Waals surface area contributed by atoms with Gasteiger partial charge in [0.2, 0.25) is 0 Å². The van der Waals surface area contributed by atoms with Crippen LogP contribution in [0.2, 0.25) is 5.02 Å². The predicted molar refractivity (Wildman–Crippen MR) is 95.8 cm³/mol. The van der Waals surface area contributed by atoms with Gasteiger partial charge in [-0.3, -0.25) is 9.59 Å². The van der Waals surface area contributed by atoms with Gasteiger partial charge in [-0.2, -0.15) is 0 Å². The van der Waals surface area contributed by atoms with Gasteiger partial charge in [-0.05, 0) is 30.3 Å². The van der Waals surface area contributed by atoms with Gasteiger partial charge in [0.15, 0.2) is 18.2 Å². The lowest BCUT2D eigenvalue weighted by Gasteiger charge is -2.34. The Morgan fingerprint density at radius 3 is 2.30 bits per heavy atom. The van der Waals surface area contributed by atoms with Gasteiger partial charge in [0, 0.05) is 31.7 Å². The molecule has 0 aromatic heterocycles. The second-order valence-electron chi connectivity index (χ2n) is 6.02. The summed E-state index contributed by atoms with van der Waals surface area (Å²) in [4.78, 5) is 27.8. The Kier molecular flexibility index (Phi) is 5.91. The van der Waals surface area contributed by atoms with Gasteiger partial charge in [-0.15, -0.1) is 0 Å². The lowest BCUT2D eigenvalue weighted by molar-refractivity contribution is -0.134. The van der Waals surface area contributed by atoms with Crippen LogP contribution in [0.25, 0.3) is 0 Å². The number of hydrogen-bond acceptors (Lipinski definition) is 3. The van der Waals surface area contributed by atoms with Crippen molar-refractivity contribution in [2.45, 2.75) is 0 Å². The zero-order chi connectivity index (χ0) is 19.4. The first-order chi connectivity index (χ1) is 13.0. The molecule has 1 saturated heterocycles. The maximum atomic E-state index is 13.3. The summed E-state index contributed by atoms with van der Waals surface area (Å²) in [6.07, 6.45) is 0. The van der Waals surface area contributed by atoms with Crippen molar-refractivity contribution < 1.29 is 23.1 Å². The number of halogens is 3. The number of ether oxygens (including phenoxy) is 1. The zero-order valence-electron chi connectivity index (χ0n) is 14.3. The number of amides is 2. The minimum Gasteiger partial charge on any atom is -0.482 e. The third kappa shape index (κ3) is 4.54. The highest BCUT2D eigenvalue weighted by Crippen LogP contribution is 2.23. The van der Waals surface area contributed by atoms with E-state index in [4.69, 9.17) is 16.3 Å². The molecule has 2 aromatic rings. The normalized spacial score (nSPS) is 14.2. The van der Waals surface area contributed by atoms with Crippen molar-refractivity contribution in [1.82, 2.24) is 9.80 Å². The molecule has 1 heterocycles. The first-order valence-electron chi connectivity index (χ1n) is 8.35. The summed E-state index contributed by atoms with van der Waals surface area (Å²) in [6, 6.07) is 9.92. The van der Waals surface area contributed by atoms with E-state index < -0.39 is 17.5 Å². The molecule has 2 aromatic carbocycles. The van der Waals surface area contributed by atoms with Crippen LogP contribution in [0.15, 0.2) is 42.5 Å². The minimum absolute atomic E-state index is 0.0794. The molecule has 5 nitrogen and oxygen atoms in total. The van der Waals surface area contributed by atoms with E-state index in [9.17, 15) is 18.4 Å². The highest BCUT2D eigenvalue weighted by Gasteiger charge is 2.25. The highest BCUT2D eigenvalue weighted by atomic mass is 35.5. The van der Waals surface area contributed by atoms with Crippen molar-refractivity contribution in [3.8, 4) is 5.75 Å². The summed E-state index contributed by atoms with van der Waals surface area (Å²) >= 11 is 5.98. The van der Waals surface area contributed by atoms with Gasteiger partial charge in [0.25, 0.3) is 11.8 Å². The summed E-state index contributed by atoms with van der Waals surface area (Å²) in [5.41, 5.74) is 0.0794. The molecular formula is C19H17ClF2N2O3. The van der Waals surface area contributed by atoms with Crippen molar-refractivity contribution in [3.05, 3.63) is 64.7 Å². The van der Waals surface area contributed by atoms with Crippen molar-refractivity contribution in [1.29, 1.82) is 0 Å². The quantitative estimate of drug-likeness (QED) is 0.801. The maximum Gasteiger partial charge on any atom is 0.260 e. The lowest BCUT2D eigenvalue weighted by atomic mass is 10.1. The molecule has 3 rings (SSSR count). The number of carbonyl (C=O) groups is 2. The molecule has 0 unspecified atom stereocenters. The van der Waals surface area contributed by atoms with E-state index >= 15 is 0 Å².